The van der Waals surface area contributed by atoms with E-state index in [-0.39, 0.29) is 4.90 Å². The lowest BCUT2D eigenvalue weighted by Crippen LogP contribution is -2.35. The van der Waals surface area contributed by atoms with Gasteiger partial charge in [0.15, 0.2) is 0 Å². The SMILES string of the molecule is COCCCN(CCOC)S(=O)(=O)c1ccccc1Br. The van der Waals surface area contributed by atoms with Crippen molar-refractivity contribution in [2.45, 2.75) is 11.3 Å². The first-order valence-electron chi connectivity index (χ1n) is 6.26. The molecule has 114 valence electrons. The van der Waals surface area contributed by atoms with Crippen molar-refractivity contribution in [1.29, 1.82) is 0 Å². The second-order valence-electron chi connectivity index (χ2n) is 4.17. The van der Waals surface area contributed by atoms with Gasteiger partial charge in [-0.25, -0.2) is 8.42 Å². The average Bonchev–Trinajstić information content (AvgIpc) is 2.42. The monoisotopic (exact) mass is 365 g/mol. The number of hydrogen-bond donors (Lipinski definition) is 0. The molecule has 0 amide bonds. The van der Waals surface area contributed by atoms with Crippen LogP contribution >= 0.6 is 15.9 Å². The fourth-order valence-electron chi connectivity index (χ4n) is 1.72. The van der Waals surface area contributed by atoms with Gasteiger partial charge in [-0.15, -0.1) is 0 Å². The minimum atomic E-state index is -3.53. The van der Waals surface area contributed by atoms with E-state index in [9.17, 15) is 8.42 Å². The molecule has 1 rings (SSSR count). The summed E-state index contributed by atoms with van der Waals surface area (Å²) in [6.07, 6.45) is 0.643. The van der Waals surface area contributed by atoms with E-state index in [2.05, 4.69) is 15.9 Å². The van der Waals surface area contributed by atoms with Crippen molar-refractivity contribution < 1.29 is 17.9 Å². The molecule has 0 aromatic heterocycles. The normalized spacial score (nSPS) is 12.0. The Kier molecular flexibility index (Phi) is 7.68. The van der Waals surface area contributed by atoms with E-state index < -0.39 is 10.0 Å². The molecule has 0 spiro atoms. The molecule has 0 unspecified atom stereocenters. The van der Waals surface area contributed by atoms with E-state index in [0.29, 0.717) is 37.2 Å². The third-order valence-electron chi connectivity index (χ3n) is 2.76. The van der Waals surface area contributed by atoms with Gasteiger partial charge in [0.05, 0.1) is 11.5 Å². The first kappa shape index (κ1) is 17.6. The summed E-state index contributed by atoms with van der Waals surface area (Å²) in [5.41, 5.74) is 0. The number of sulfonamides is 1. The zero-order valence-corrected chi connectivity index (χ0v) is 14.1. The van der Waals surface area contributed by atoms with Crippen LogP contribution in [0.2, 0.25) is 0 Å². The number of ether oxygens (including phenoxy) is 2. The van der Waals surface area contributed by atoms with Crippen LogP contribution in [-0.2, 0) is 19.5 Å². The summed E-state index contributed by atoms with van der Waals surface area (Å²) >= 11 is 3.29. The van der Waals surface area contributed by atoms with Crippen molar-refractivity contribution in [3.05, 3.63) is 28.7 Å². The first-order chi connectivity index (χ1) is 9.54. The quantitative estimate of drug-likeness (QED) is 0.629. The Bertz CT molecular complexity index is 507. The lowest BCUT2D eigenvalue weighted by molar-refractivity contribution is 0.164. The van der Waals surface area contributed by atoms with Crippen LogP contribution in [0.3, 0.4) is 0 Å². The van der Waals surface area contributed by atoms with Crippen molar-refractivity contribution >= 4 is 26.0 Å². The van der Waals surface area contributed by atoms with E-state index >= 15 is 0 Å². The Morgan fingerprint density at radius 3 is 2.35 bits per heavy atom. The lowest BCUT2D eigenvalue weighted by Gasteiger charge is -2.22. The number of rotatable bonds is 9. The maximum absolute atomic E-state index is 12.7. The summed E-state index contributed by atoms with van der Waals surface area (Å²) in [7, 11) is -0.381. The van der Waals surface area contributed by atoms with E-state index in [1.807, 2.05) is 0 Å². The van der Waals surface area contributed by atoms with Crippen molar-refractivity contribution in [2.75, 3.05) is 40.5 Å². The summed E-state index contributed by atoms with van der Waals surface area (Å²) in [5.74, 6) is 0. The fraction of sp³-hybridized carbons (Fsp3) is 0.538. The Morgan fingerprint density at radius 2 is 1.75 bits per heavy atom. The summed E-state index contributed by atoms with van der Waals surface area (Å²) < 4.78 is 37.3. The first-order valence-corrected chi connectivity index (χ1v) is 8.50. The van der Waals surface area contributed by atoms with Crippen LogP contribution in [0.4, 0.5) is 0 Å². The van der Waals surface area contributed by atoms with Crippen molar-refractivity contribution in [3.63, 3.8) is 0 Å². The highest BCUT2D eigenvalue weighted by Crippen LogP contribution is 2.24. The van der Waals surface area contributed by atoms with E-state index in [4.69, 9.17) is 9.47 Å². The Balaban J connectivity index is 2.95. The molecular weight excluding hydrogens is 346 g/mol. The third-order valence-corrected chi connectivity index (χ3v) is 5.67. The average molecular weight is 366 g/mol. The van der Waals surface area contributed by atoms with Crippen molar-refractivity contribution in [2.24, 2.45) is 0 Å². The highest BCUT2D eigenvalue weighted by molar-refractivity contribution is 9.10. The summed E-state index contributed by atoms with van der Waals surface area (Å²) in [6, 6.07) is 6.81. The summed E-state index contributed by atoms with van der Waals surface area (Å²) in [5, 5.41) is 0. The van der Waals surface area contributed by atoms with Gasteiger partial charge in [-0.1, -0.05) is 12.1 Å². The number of nitrogens with zero attached hydrogens (tertiary/aromatic N) is 1. The minimum Gasteiger partial charge on any atom is -0.385 e. The van der Waals surface area contributed by atoms with Crippen LogP contribution in [0, 0.1) is 0 Å². The van der Waals surface area contributed by atoms with Crippen LogP contribution in [-0.4, -0.2) is 53.2 Å². The summed E-state index contributed by atoms with van der Waals surface area (Å²) in [6.45, 7) is 1.61. The van der Waals surface area contributed by atoms with Gasteiger partial charge in [0.1, 0.15) is 0 Å². The van der Waals surface area contributed by atoms with Gasteiger partial charge < -0.3 is 9.47 Å². The molecule has 5 nitrogen and oxygen atoms in total. The van der Waals surface area contributed by atoms with Crippen LogP contribution < -0.4 is 0 Å². The van der Waals surface area contributed by atoms with Gasteiger partial charge in [0, 0.05) is 38.4 Å². The Labute approximate surface area is 129 Å². The van der Waals surface area contributed by atoms with Gasteiger partial charge >= 0.3 is 0 Å². The maximum Gasteiger partial charge on any atom is 0.244 e. The molecule has 0 fully saturated rings. The van der Waals surface area contributed by atoms with Crippen LogP contribution in [0.5, 0.6) is 0 Å². The Hall–Kier alpha value is -0.470. The highest BCUT2D eigenvalue weighted by Gasteiger charge is 2.25. The third kappa shape index (κ3) is 4.82. The predicted octanol–water partition coefficient (Wildman–Crippen LogP) is 2.12. The minimum absolute atomic E-state index is 0.272. The highest BCUT2D eigenvalue weighted by atomic mass is 79.9. The molecule has 0 radical (unpaired) electrons. The Morgan fingerprint density at radius 1 is 1.10 bits per heavy atom. The molecule has 0 N–H and O–H groups in total. The number of benzene rings is 1. The molecule has 1 aromatic carbocycles. The van der Waals surface area contributed by atoms with Crippen LogP contribution in [0.15, 0.2) is 33.6 Å². The molecular formula is C13H20BrNO4S. The standard InChI is InChI=1S/C13H20BrNO4S/c1-18-10-5-8-15(9-11-19-2)20(16,17)13-7-4-3-6-12(13)14/h3-4,6-7H,5,8-11H2,1-2H3. The van der Waals surface area contributed by atoms with Crippen molar-refractivity contribution in [3.8, 4) is 0 Å². The van der Waals surface area contributed by atoms with Gasteiger partial charge in [0.25, 0.3) is 0 Å². The van der Waals surface area contributed by atoms with Gasteiger partial charge in [-0.3, -0.25) is 0 Å². The number of methoxy groups -OCH3 is 2. The molecule has 0 aliphatic rings. The molecule has 0 saturated carbocycles. The molecule has 0 heterocycles. The number of halogens is 1. The number of hydrogen-bond acceptors (Lipinski definition) is 4. The van der Waals surface area contributed by atoms with Crippen LogP contribution in [0.1, 0.15) is 6.42 Å². The molecule has 1 aromatic rings. The van der Waals surface area contributed by atoms with Gasteiger partial charge in [0.2, 0.25) is 10.0 Å². The molecule has 0 bridgehead atoms. The van der Waals surface area contributed by atoms with Gasteiger partial charge in [-0.05, 0) is 34.5 Å². The smallest absolute Gasteiger partial charge is 0.244 e. The lowest BCUT2D eigenvalue weighted by atomic mass is 10.4. The predicted molar refractivity (Wildman–Crippen MR) is 81.3 cm³/mol. The van der Waals surface area contributed by atoms with E-state index in [0.717, 1.165) is 0 Å². The topological polar surface area (TPSA) is 55.8 Å². The zero-order valence-electron chi connectivity index (χ0n) is 11.7. The molecule has 7 heteroatoms. The maximum atomic E-state index is 12.7. The summed E-state index contributed by atoms with van der Waals surface area (Å²) in [4.78, 5) is 0.272. The van der Waals surface area contributed by atoms with Crippen LogP contribution in [0.25, 0.3) is 0 Å². The van der Waals surface area contributed by atoms with E-state index in [1.165, 1.54) is 4.31 Å². The van der Waals surface area contributed by atoms with Crippen molar-refractivity contribution in [1.82, 2.24) is 4.31 Å². The van der Waals surface area contributed by atoms with E-state index in [1.54, 1.807) is 38.5 Å². The zero-order chi connectivity index (χ0) is 15.0. The molecule has 0 aliphatic heterocycles. The molecule has 20 heavy (non-hydrogen) atoms. The fourth-order valence-corrected chi connectivity index (χ4v) is 4.15. The largest absolute Gasteiger partial charge is 0.385 e. The molecule has 0 aliphatic carbocycles. The second kappa shape index (κ2) is 8.74. The molecule has 0 saturated heterocycles. The molecule has 0 atom stereocenters. The van der Waals surface area contributed by atoms with Gasteiger partial charge in [-0.2, -0.15) is 4.31 Å². The second-order valence-corrected chi connectivity index (χ2v) is 6.93.